The van der Waals surface area contributed by atoms with Gasteiger partial charge in [0.05, 0.1) is 12.3 Å². The minimum Gasteiger partial charge on any atom is -0.493 e. The van der Waals surface area contributed by atoms with Crippen LogP contribution in [0.5, 0.6) is 5.75 Å². The van der Waals surface area contributed by atoms with Crippen molar-refractivity contribution in [3.05, 3.63) is 41.9 Å². The third kappa shape index (κ3) is 5.42. The number of alkyl halides is 3. The lowest BCUT2D eigenvalue weighted by Gasteiger charge is -2.16. The van der Waals surface area contributed by atoms with Crippen LogP contribution in [0.25, 0.3) is 11.3 Å². The number of nitrogens with zero attached hydrogens (tertiary/aromatic N) is 2. The Balaban J connectivity index is 2.14. The molecule has 1 aromatic heterocycles. The number of aryl methyl sites for hydroxylation is 1. The maximum Gasteiger partial charge on any atom is 0.451 e. The molecule has 2 unspecified atom stereocenters. The van der Waals surface area contributed by atoms with Crippen molar-refractivity contribution in [2.45, 2.75) is 39.4 Å². The average Bonchev–Trinajstić information content (AvgIpc) is 2.52. The second-order valence-electron chi connectivity index (χ2n) is 6.37. The van der Waals surface area contributed by atoms with E-state index in [0.717, 1.165) is 18.2 Å². The Morgan fingerprint density at radius 3 is 2.52 bits per heavy atom. The molecule has 0 aliphatic heterocycles. The van der Waals surface area contributed by atoms with Crippen molar-refractivity contribution >= 4 is 0 Å². The molecule has 0 aliphatic rings. The maximum absolute atomic E-state index is 12.7. The summed E-state index contributed by atoms with van der Waals surface area (Å²) in [4.78, 5) is 6.88. The molecule has 0 radical (unpaired) electrons. The van der Waals surface area contributed by atoms with Gasteiger partial charge in [-0.1, -0.05) is 6.92 Å². The summed E-state index contributed by atoms with van der Waals surface area (Å²) >= 11 is 0. The molecule has 0 amide bonds. The molecule has 2 N–H and O–H groups in total. The fraction of sp³-hybridized carbons (Fsp3) is 0.444. The fourth-order valence-corrected chi connectivity index (χ4v) is 2.56. The van der Waals surface area contributed by atoms with E-state index in [4.69, 9.17) is 10.5 Å². The first kappa shape index (κ1) is 19.2. The van der Waals surface area contributed by atoms with E-state index < -0.39 is 12.0 Å². The summed E-state index contributed by atoms with van der Waals surface area (Å²) in [7, 11) is 0. The molecular formula is C18H22F3N3O. The van der Waals surface area contributed by atoms with Crippen LogP contribution in [0.3, 0.4) is 0 Å². The number of nitrogens with two attached hydrogens (primary N) is 1. The van der Waals surface area contributed by atoms with Crippen molar-refractivity contribution in [2.75, 3.05) is 6.61 Å². The highest BCUT2D eigenvalue weighted by molar-refractivity contribution is 5.61. The normalized spacial score (nSPS) is 14.2. The Morgan fingerprint density at radius 1 is 1.20 bits per heavy atom. The van der Waals surface area contributed by atoms with Crippen molar-refractivity contribution in [2.24, 2.45) is 11.7 Å². The molecule has 1 heterocycles. The lowest BCUT2D eigenvalue weighted by atomic mass is 10.0. The van der Waals surface area contributed by atoms with Gasteiger partial charge < -0.3 is 10.5 Å². The number of rotatable bonds is 6. The van der Waals surface area contributed by atoms with Crippen molar-refractivity contribution < 1.29 is 17.9 Å². The Kier molecular flexibility index (Phi) is 6.00. The van der Waals surface area contributed by atoms with Gasteiger partial charge in [-0.15, -0.1) is 0 Å². The number of benzene rings is 1. The first-order chi connectivity index (χ1) is 11.7. The smallest absolute Gasteiger partial charge is 0.451 e. The topological polar surface area (TPSA) is 61.0 Å². The second-order valence-corrected chi connectivity index (χ2v) is 6.37. The van der Waals surface area contributed by atoms with Gasteiger partial charge in [0.25, 0.3) is 0 Å². The monoisotopic (exact) mass is 353 g/mol. The summed E-state index contributed by atoms with van der Waals surface area (Å²) in [6, 6.07) is 6.77. The molecule has 0 bridgehead atoms. The zero-order valence-corrected chi connectivity index (χ0v) is 14.5. The molecule has 2 rings (SSSR count). The molecular weight excluding hydrogens is 331 g/mol. The third-order valence-electron chi connectivity index (χ3n) is 3.68. The van der Waals surface area contributed by atoms with Crippen LogP contribution in [0, 0.1) is 12.8 Å². The number of aromatic nitrogens is 2. The molecule has 0 fully saturated rings. The minimum absolute atomic E-state index is 0.114. The summed E-state index contributed by atoms with van der Waals surface area (Å²) < 4.78 is 44.0. The van der Waals surface area contributed by atoms with Gasteiger partial charge in [0.2, 0.25) is 5.82 Å². The van der Waals surface area contributed by atoms with Crippen molar-refractivity contribution in [3.63, 3.8) is 0 Å². The van der Waals surface area contributed by atoms with E-state index in [1.165, 1.54) is 6.07 Å². The Morgan fingerprint density at radius 2 is 1.92 bits per heavy atom. The summed E-state index contributed by atoms with van der Waals surface area (Å²) in [5.41, 5.74) is 7.41. The zero-order chi connectivity index (χ0) is 18.6. The molecule has 2 aromatic rings. The molecule has 1 aromatic carbocycles. The molecule has 0 spiro atoms. The largest absolute Gasteiger partial charge is 0.493 e. The second kappa shape index (κ2) is 7.82. The van der Waals surface area contributed by atoms with Crippen LogP contribution in [0.15, 0.2) is 30.5 Å². The highest BCUT2D eigenvalue weighted by Crippen LogP contribution is 2.29. The van der Waals surface area contributed by atoms with Gasteiger partial charge in [-0.05, 0) is 56.0 Å². The van der Waals surface area contributed by atoms with E-state index >= 15 is 0 Å². The Labute approximate surface area is 145 Å². The lowest BCUT2D eigenvalue weighted by molar-refractivity contribution is -0.144. The SMILES string of the molecule is Cc1cc(-c2ccnc(C(F)(F)F)n2)ccc1OCC(C)CC(C)N. The van der Waals surface area contributed by atoms with Crippen LogP contribution >= 0.6 is 0 Å². The van der Waals surface area contributed by atoms with Crippen LogP contribution in [0.1, 0.15) is 31.7 Å². The van der Waals surface area contributed by atoms with Crippen LogP contribution in [0.2, 0.25) is 0 Å². The molecule has 0 aliphatic carbocycles. The van der Waals surface area contributed by atoms with Crippen LogP contribution < -0.4 is 10.5 Å². The van der Waals surface area contributed by atoms with Crippen LogP contribution in [-0.2, 0) is 6.18 Å². The van der Waals surface area contributed by atoms with Gasteiger partial charge >= 0.3 is 6.18 Å². The van der Waals surface area contributed by atoms with E-state index in [9.17, 15) is 13.2 Å². The van der Waals surface area contributed by atoms with Gasteiger partial charge in [-0.25, -0.2) is 9.97 Å². The third-order valence-corrected chi connectivity index (χ3v) is 3.68. The highest BCUT2D eigenvalue weighted by atomic mass is 19.4. The number of hydrogen-bond acceptors (Lipinski definition) is 4. The summed E-state index contributed by atoms with van der Waals surface area (Å²) in [6.07, 6.45) is -2.59. The first-order valence-corrected chi connectivity index (χ1v) is 8.06. The number of halogens is 3. The molecule has 7 heteroatoms. The molecule has 136 valence electrons. The van der Waals surface area contributed by atoms with Gasteiger partial charge in [0, 0.05) is 17.8 Å². The molecule has 2 atom stereocenters. The molecule has 0 saturated heterocycles. The number of ether oxygens (including phenoxy) is 1. The summed E-state index contributed by atoms with van der Waals surface area (Å²) in [5, 5.41) is 0. The summed E-state index contributed by atoms with van der Waals surface area (Å²) in [6.45, 7) is 6.40. The van der Waals surface area contributed by atoms with Crippen LogP contribution in [0.4, 0.5) is 13.2 Å². The Hall–Kier alpha value is -2.15. The predicted molar refractivity (Wildman–Crippen MR) is 90.1 cm³/mol. The predicted octanol–water partition coefficient (Wildman–Crippen LogP) is 4.22. The van der Waals surface area contributed by atoms with Gasteiger partial charge in [-0.3, -0.25) is 0 Å². The minimum atomic E-state index is -4.57. The van der Waals surface area contributed by atoms with E-state index in [1.807, 2.05) is 13.8 Å². The average molecular weight is 353 g/mol. The molecule has 0 saturated carbocycles. The lowest BCUT2D eigenvalue weighted by Crippen LogP contribution is -2.21. The van der Waals surface area contributed by atoms with E-state index in [2.05, 4.69) is 16.9 Å². The van der Waals surface area contributed by atoms with Crippen LogP contribution in [-0.4, -0.2) is 22.6 Å². The highest BCUT2D eigenvalue weighted by Gasteiger charge is 2.34. The van der Waals surface area contributed by atoms with E-state index in [-0.39, 0.29) is 11.7 Å². The molecule has 25 heavy (non-hydrogen) atoms. The van der Waals surface area contributed by atoms with Crippen molar-refractivity contribution in [1.29, 1.82) is 0 Å². The zero-order valence-electron chi connectivity index (χ0n) is 14.5. The van der Waals surface area contributed by atoms with E-state index in [1.54, 1.807) is 18.2 Å². The first-order valence-electron chi connectivity index (χ1n) is 8.06. The standard InChI is InChI=1S/C18H22F3N3O/c1-11(8-13(3)22)10-25-16-5-4-14(9-12(16)2)15-6-7-23-17(24-15)18(19,20)21/h4-7,9,11,13H,8,10,22H2,1-3H3. The summed E-state index contributed by atoms with van der Waals surface area (Å²) in [5.74, 6) is -0.131. The quantitative estimate of drug-likeness (QED) is 0.844. The number of hydrogen-bond donors (Lipinski definition) is 1. The van der Waals surface area contributed by atoms with Crippen molar-refractivity contribution in [3.8, 4) is 17.0 Å². The Bertz CT molecular complexity index is 717. The maximum atomic E-state index is 12.7. The van der Waals surface area contributed by atoms with Gasteiger partial charge in [0.1, 0.15) is 5.75 Å². The molecule has 4 nitrogen and oxygen atoms in total. The fourth-order valence-electron chi connectivity index (χ4n) is 2.56. The van der Waals surface area contributed by atoms with Gasteiger partial charge in [-0.2, -0.15) is 13.2 Å². The van der Waals surface area contributed by atoms with Gasteiger partial charge in [0.15, 0.2) is 0 Å². The van der Waals surface area contributed by atoms with E-state index in [0.29, 0.717) is 23.8 Å². The van der Waals surface area contributed by atoms with Crippen molar-refractivity contribution in [1.82, 2.24) is 9.97 Å².